The van der Waals surface area contributed by atoms with Crippen molar-refractivity contribution in [1.29, 1.82) is 0 Å². The number of hydrogen-bond donors (Lipinski definition) is 1. The van der Waals surface area contributed by atoms with Crippen molar-refractivity contribution in [2.75, 3.05) is 0 Å². The molecule has 3 rings (SSSR count). The highest BCUT2D eigenvalue weighted by Gasteiger charge is 2.24. The fourth-order valence-electron chi connectivity index (χ4n) is 1.93. The summed E-state index contributed by atoms with van der Waals surface area (Å²) in [4.78, 5) is 20.0. The lowest BCUT2D eigenvalue weighted by atomic mass is 10.1. The van der Waals surface area contributed by atoms with E-state index in [9.17, 15) is 4.79 Å². The molecular formula is C13H11N3O. The van der Waals surface area contributed by atoms with E-state index < -0.39 is 0 Å². The topological polar surface area (TPSA) is 54.4 Å². The van der Waals surface area contributed by atoms with Gasteiger partial charge in [0, 0.05) is 11.6 Å². The summed E-state index contributed by atoms with van der Waals surface area (Å²) in [6, 6.07) is 9.54. The highest BCUT2D eigenvalue weighted by molar-refractivity contribution is 6.17. The van der Waals surface area contributed by atoms with Gasteiger partial charge in [-0.05, 0) is 18.4 Å². The Morgan fingerprint density at radius 1 is 1.24 bits per heavy atom. The van der Waals surface area contributed by atoms with E-state index >= 15 is 0 Å². The van der Waals surface area contributed by atoms with E-state index in [4.69, 9.17) is 0 Å². The third-order valence-electron chi connectivity index (χ3n) is 2.84. The van der Waals surface area contributed by atoms with Gasteiger partial charge in [-0.15, -0.1) is 0 Å². The molecule has 1 amide bonds. The summed E-state index contributed by atoms with van der Waals surface area (Å²) in [5.74, 6) is 0.494. The Morgan fingerprint density at radius 2 is 2.06 bits per heavy atom. The maximum atomic E-state index is 11.4. The van der Waals surface area contributed by atoms with E-state index in [2.05, 4.69) is 15.3 Å². The maximum Gasteiger partial charge on any atom is 0.250 e. The molecule has 2 heterocycles. The lowest BCUT2D eigenvalue weighted by molar-refractivity contribution is -0.119. The van der Waals surface area contributed by atoms with Gasteiger partial charge in [0.2, 0.25) is 5.91 Å². The molecule has 0 fully saturated rings. The smallest absolute Gasteiger partial charge is 0.250 e. The van der Waals surface area contributed by atoms with Gasteiger partial charge in [-0.2, -0.15) is 0 Å². The fourth-order valence-corrected chi connectivity index (χ4v) is 1.93. The molecule has 0 saturated carbocycles. The fraction of sp³-hybridized carbons (Fsp3) is 0.154. The average Bonchev–Trinajstić information content (AvgIpc) is 2.69. The van der Waals surface area contributed by atoms with Crippen molar-refractivity contribution < 1.29 is 4.79 Å². The first-order chi connectivity index (χ1) is 8.25. The molecule has 17 heavy (non-hydrogen) atoms. The molecule has 1 aromatic heterocycles. The third-order valence-corrected chi connectivity index (χ3v) is 2.84. The van der Waals surface area contributed by atoms with Crippen LogP contribution in [-0.4, -0.2) is 22.8 Å². The van der Waals surface area contributed by atoms with Gasteiger partial charge in [0.25, 0.3) is 0 Å². The molecule has 1 atom stereocenters. The van der Waals surface area contributed by atoms with Crippen LogP contribution in [0.3, 0.4) is 0 Å². The molecule has 0 aliphatic carbocycles. The number of amidine groups is 1. The van der Waals surface area contributed by atoms with Gasteiger partial charge in [-0.25, -0.2) is 0 Å². The second-order valence-corrected chi connectivity index (χ2v) is 4.02. The SMILES string of the molecule is CC1N=C(c2nccc3ccccc23)NC1=O. The van der Waals surface area contributed by atoms with Crippen molar-refractivity contribution in [3.05, 3.63) is 42.2 Å². The maximum absolute atomic E-state index is 11.4. The Bertz CT molecular complexity index is 628. The lowest BCUT2D eigenvalue weighted by Gasteiger charge is -2.04. The Kier molecular flexibility index (Phi) is 2.14. The molecular weight excluding hydrogens is 214 g/mol. The van der Waals surface area contributed by atoms with Gasteiger partial charge >= 0.3 is 0 Å². The normalized spacial score (nSPS) is 19.2. The molecule has 1 unspecified atom stereocenters. The van der Waals surface area contributed by atoms with Gasteiger partial charge < -0.3 is 5.32 Å². The Morgan fingerprint density at radius 3 is 2.82 bits per heavy atom. The van der Waals surface area contributed by atoms with Crippen LogP contribution in [0.5, 0.6) is 0 Å². The monoisotopic (exact) mass is 225 g/mol. The molecule has 2 aromatic rings. The third kappa shape index (κ3) is 1.58. The molecule has 84 valence electrons. The zero-order valence-electron chi connectivity index (χ0n) is 9.34. The van der Waals surface area contributed by atoms with Crippen LogP contribution in [0.2, 0.25) is 0 Å². The second-order valence-electron chi connectivity index (χ2n) is 4.02. The van der Waals surface area contributed by atoms with Gasteiger partial charge in [0.1, 0.15) is 11.7 Å². The first kappa shape index (κ1) is 9.96. The van der Waals surface area contributed by atoms with E-state index in [1.54, 1.807) is 13.1 Å². The van der Waals surface area contributed by atoms with E-state index in [1.807, 2.05) is 30.3 Å². The highest BCUT2D eigenvalue weighted by Crippen LogP contribution is 2.18. The first-order valence-electron chi connectivity index (χ1n) is 5.48. The lowest BCUT2D eigenvalue weighted by Crippen LogP contribution is -2.28. The number of nitrogens with one attached hydrogen (secondary N) is 1. The van der Waals surface area contributed by atoms with E-state index in [0.29, 0.717) is 5.84 Å². The molecule has 1 aliphatic heterocycles. The molecule has 1 aliphatic rings. The van der Waals surface area contributed by atoms with Crippen LogP contribution in [0.4, 0.5) is 0 Å². The molecule has 1 aromatic carbocycles. The number of benzene rings is 1. The molecule has 4 heteroatoms. The minimum absolute atomic E-state index is 0.0743. The molecule has 0 bridgehead atoms. The highest BCUT2D eigenvalue weighted by atomic mass is 16.2. The molecule has 0 radical (unpaired) electrons. The van der Waals surface area contributed by atoms with Gasteiger partial charge in [-0.1, -0.05) is 24.3 Å². The average molecular weight is 225 g/mol. The number of aromatic nitrogens is 1. The van der Waals surface area contributed by atoms with Crippen molar-refractivity contribution in [2.24, 2.45) is 4.99 Å². The molecule has 4 nitrogen and oxygen atoms in total. The van der Waals surface area contributed by atoms with E-state index in [-0.39, 0.29) is 11.9 Å². The standard InChI is InChI=1S/C13H11N3O/c1-8-13(17)16-12(15-8)11-10-5-3-2-4-9(10)6-7-14-11/h2-8H,1H3,(H,15,16,17). The Labute approximate surface area is 98.4 Å². The zero-order chi connectivity index (χ0) is 11.8. The zero-order valence-corrected chi connectivity index (χ0v) is 9.34. The van der Waals surface area contributed by atoms with Crippen molar-refractivity contribution in [3.8, 4) is 0 Å². The van der Waals surface area contributed by atoms with Crippen LogP contribution in [0, 0.1) is 0 Å². The van der Waals surface area contributed by atoms with E-state index in [0.717, 1.165) is 16.5 Å². The molecule has 1 N–H and O–H groups in total. The largest absolute Gasteiger partial charge is 0.307 e. The van der Waals surface area contributed by atoms with Crippen LogP contribution in [-0.2, 0) is 4.79 Å². The minimum Gasteiger partial charge on any atom is -0.307 e. The van der Waals surface area contributed by atoms with E-state index in [1.165, 1.54) is 0 Å². The summed E-state index contributed by atoms with van der Waals surface area (Å²) in [6.07, 6.45) is 1.73. The van der Waals surface area contributed by atoms with Gasteiger partial charge in [0.15, 0.2) is 5.84 Å². The van der Waals surface area contributed by atoms with Crippen LogP contribution < -0.4 is 5.32 Å². The van der Waals surface area contributed by atoms with Crippen LogP contribution in [0.15, 0.2) is 41.5 Å². The number of pyridine rings is 1. The number of carbonyl (C=O) groups excluding carboxylic acids is 1. The summed E-state index contributed by atoms with van der Waals surface area (Å²) in [6.45, 7) is 1.77. The predicted molar refractivity (Wildman–Crippen MR) is 65.9 cm³/mol. The number of rotatable bonds is 1. The van der Waals surface area contributed by atoms with Crippen LogP contribution in [0.1, 0.15) is 12.6 Å². The Hall–Kier alpha value is -2.23. The molecule has 0 spiro atoms. The Balaban J connectivity index is 2.19. The van der Waals surface area contributed by atoms with Crippen LogP contribution >= 0.6 is 0 Å². The van der Waals surface area contributed by atoms with Crippen LogP contribution in [0.25, 0.3) is 10.8 Å². The number of fused-ring (bicyclic) bond motifs is 1. The number of nitrogens with zero attached hydrogens (tertiary/aromatic N) is 2. The summed E-state index contributed by atoms with van der Waals surface area (Å²) in [5.41, 5.74) is 0.737. The number of carbonyl (C=O) groups is 1. The molecule has 0 saturated heterocycles. The van der Waals surface area contributed by atoms with Gasteiger partial charge in [0.05, 0.1) is 0 Å². The quantitative estimate of drug-likeness (QED) is 0.799. The van der Waals surface area contributed by atoms with Gasteiger partial charge in [-0.3, -0.25) is 14.8 Å². The number of aliphatic imine (C=N–C) groups is 1. The van der Waals surface area contributed by atoms with Crippen molar-refractivity contribution in [2.45, 2.75) is 13.0 Å². The first-order valence-corrected chi connectivity index (χ1v) is 5.48. The second kappa shape index (κ2) is 3.66. The summed E-state index contributed by atoms with van der Waals surface area (Å²) in [7, 11) is 0. The predicted octanol–water partition coefficient (Wildman–Crippen LogP) is 1.50. The van der Waals surface area contributed by atoms with Crippen molar-refractivity contribution in [1.82, 2.24) is 10.3 Å². The minimum atomic E-state index is -0.328. The van der Waals surface area contributed by atoms with Crippen molar-refractivity contribution >= 4 is 22.5 Å². The number of hydrogen-bond acceptors (Lipinski definition) is 3. The number of amides is 1. The summed E-state index contributed by atoms with van der Waals surface area (Å²) in [5, 5.41) is 4.86. The summed E-state index contributed by atoms with van der Waals surface area (Å²) < 4.78 is 0. The summed E-state index contributed by atoms with van der Waals surface area (Å²) >= 11 is 0. The van der Waals surface area contributed by atoms with Crippen molar-refractivity contribution in [3.63, 3.8) is 0 Å².